The van der Waals surface area contributed by atoms with Crippen molar-refractivity contribution >= 4 is 11.7 Å². The predicted molar refractivity (Wildman–Crippen MR) is 51.6 cm³/mol. The minimum Gasteiger partial charge on any atom is -0.503 e. The van der Waals surface area contributed by atoms with Gasteiger partial charge in [-0.15, -0.1) is 0 Å². The lowest BCUT2D eigenvalue weighted by atomic mass is 10.3. The third kappa shape index (κ3) is 1.52. The quantitative estimate of drug-likeness (QED) is 0.684. The summed E-state index contributed by atoms with van der Waals surface area (Å²) in [6.07, 6.45) is 0.979. The molecule has 1 amide bonds. The Morgan fingerprint density at radius 1 is 1.31 bits per heavy atom. The Hall–Kier alpha value is -2.28. The van der Waals surface area contributed by atoms with E-state index in [1.54, 1.807) is 12.1 Å². The van der Waals surface area contributed by atoms with Crippen LogP contribution in [0.2, 0.25) is 0 Å². The first-order valence-electron chi connectivity index (χ1n) is 4.43. The van der Waals surface area contributed by atoms with Gasteiger partial charge in [-0.1, -0.05) is 6.07 Å². The zero-order valence-electron chi connectivity index (χ0n) is 8.07. The lowest BCUT2D eigenvalue weighted by molar-refractivity contribution is -0.612. The van der Waals surface area contributed by atoms with Gasteiger partial charge in [-0.25, -0.2) is 4.79 Å². The highest BCUT2D eigenvalue weighted by atomic mass is 16.4. The summed E-state index contributed by atoms with van der Waals surface area (Å²) in [5, 5.41) is 19.0. The smallest absolute Gasteiger partial charge is 0.503 e. The van der Waals surface area contributed by atoms with Gasteiger partial charge in [0.25, 0.3) is 5.01 Å². The molecule has 0 saturated heterocycles. The zero-order valence-corrected chi connectivity index (χ0v) is 8.07. The van der Waals surface area contributed by atoms with Crippen molar-refractivity contribution in [2.75, 3.05) is 0 Å². The molecule has 2 rings (SSSR count). The van der Waals surface area contributed by atoms with E-state index in [0.29, 0.717) is 5.01 Å². The molecule has 81 valence electrons. The van der Waals surface area contributed by atoms with Crippen LogP contribution in [-0.4, -0.2) is 26.0 Å². The van der Waals surface area contributed by atoms with Crippen molar-refractivity contribution in [3.8, 4) is 0 Å². The lowest BCUT2D eigenvalue weighted by Gasteiger charge is -2.02. The van der Waals surface area contributed by atoms with E-state index in [4.69, 9.17) is 5.11 Å². The van der Waals surface area contributed by atoms with Crippen molar-refractivity contribution < 1.29 is 19.9 Å². The molecule has 0 fully saturated rings. The summed E-state index contributed by atoms with van der Waals surface area (Å²) in [6, 6.07) is 4.66. The van der Waals surface area contributed by atoms with E-state index < -0.39 is 24.0 Å². The Morgan fingerprint density at radius 2 is 2.06 bits per heavy atom. The summed E-state index contributed by atoms with van der Waals surface area (Å²) in [4.78, 5) is 26.7. The first kappa shape index (κ1) is 10.2. The van der Waals surface area contributed by atoms with Gasteiger partial charge in [-0.2, -0.15) is 4.98 Å². The number of hydrogen-bond acceptors (Lipinski definition) is 5. The number of aliphatic hydroxyl groups is 2. The SMILES string of the molecule is O=C1CC(O)=C(O)[N+](=O)[N+]1c1ccccn1. The highest BCUT2D eigenvalue weighted by Gasteiger charge is 2.56. The number of hydrazine groups is 1. The summed E-state index contributed by atoms with van der Waals surface area (Å²) < 4.78 is 0. The molecule has 2 N–H and O–H groups in total. The summed E-state index contributed by atoms with van der Waals surface area (Å²) in [5.74, 6) is -2.12. The fraction of sp³-hybridized carbons (Fsp3) is 0.111. The third-order valence-corrected chi connectivity index (χ3v) is 2.04. The van der Waals surface area contributed by atoms with Gasteiger partial charge in [-0.3, -0.25) is 0 Å². The topological polar surface area (TPSA) is 96.4 Å². The maximum atomic E-state index is 11.5. The van der Waals surface area contributed by atoms with Crippen LogP contribution in [0, 0.1) is 4.91 Å². The van der Waals surface area contributed by atoms with Crippen molar-refractivity contribution in [3.05, 3.63) is 40.9 Å². The molecule has 7 nitrogen and oxygen atoms in total. The molecule has 7 heteroatoms. The van der Waals surface area contributed by atoms with Gasteiger partial charge in [0.1, 0.15) is 11.3 Å². The summed E-state index contributed by atoms with van der Waals surface area (Å²) >= 11 is 0. The van der Waals surface area contributed by atoms with Crippen LogP contribution in [0.25, 0.3) is 0 Å². The maximum absolute atomic E-state index is 11.5. The summed E-state index contributed by atoms with van der Waals surface area (Å²) in [6.45, 7) is 0. The Bertz CT molecular complexity index is 483. The van der Waals surface area contributed by atoms with Crippen LogP contribution in [0.15, 0.2) is 36.0 Å². The number of amides is 1. The number of pyridine rings is 1. The molecule has 0 saturated carbocycles. The van der Waals surface area contributed by atoms with E-state index in [0.717, 1.165) is 0 Å². The number of aliphatic hydroxyl groups excluding tert-OH is 2. The Balaban J connectivity index is 2.44. The molecular formula is C9H8N3O4+2. The van der Waals surface area contributed by atoms with Gasteiger partial charge >= 0.3 is 22.5 Å². The summed E-state index contributed by atoms with van der Waals surface area (Å²) in [5.41, 5.74) is 0. The normalized spacial score (nSPS) is 18.0. The monoisotopic (exact) mass is 222 g/mol. The predicted octanol–water partition coefficient (Wildman–Crippen LogP) is 0.762. The first-order chi connectivity index (χ1) is 7.61. The zero-order chi connectivity index (χ0) is 11.7. The van der Waals surface area contributed by atoms with Crippen LogP contribution in [0.3, 0.4) is 0 Å². The van der Waals surface area contributed by atoms with Crippen molar-refractivity contribution in [2.24, 2.45) is 0 Å². The van der Waals surface area contributed by atoms with E-state index in [9.17, 15) is 14.8 Å². The van der Waals surface area contributed by atoms with Crippen molar-refractivity contribution in [3.63, 3.8) is 0 Å². The van der Waals surface area contributed by atoms with Crippen LogP contribution in [-0.2, 0) is 4.79 Å². The first-order valence-corrected chi connectivity index (χ1v) is 4.43. The van der Waals surface area contributed by atoms with Crippen LogP contribution < -0.4 is 5.01 Å². The Morgan fingerprint density at radius 3 is 2.69 bits per heavy atom. The molecule has 1 aromatic rings. The fourth-order valence-electron chi connectivity index (χ4n) is 1.30. The Kier molecular flexibility index (Phi) is 2.37. The Labute approximate surface area is 89.8 Å². The van der Waals surface area contributed by atoms with E-state index in [2.05, 4.69) is 4.98 Å². The van der Waals surface area contributed by atoms with Crippen molar-refractivity contribution in [1.29, 1.82) is 0 Å². The molecule has 0 atom stereocenters. The van der Waals surface area contributed by atoms with E-state index >= 15 is 0 Å². The highest BCUT2D eigenvalue weighted by molar-refractivity contribution is 5.84. The number of aromatic nitrogens is 1. The van der Waals surface area contributed by atoms with Crippen LogP contribution in [0.1, 0.15) is 6.42 Å². The van der Waals surface area contributed by atoms with E-state index in [1.807, 2.05) is 0 Å². The molecule has 1 aromatic heterocycles. The fourth-order valence-corrected chi connectivity index (χ4v) is 1.30. The molecule has 16 heavy (non-hydrogen) atoms. The van der Waals surface area contributed by atoms with Crippen molar-refractivity contribution in [2.45, 2.75) is 6.42 Å². The second kappa shape index (κ2) is 3.70. The molecule has 0 bridgehead atoms. The highest BCUT2D eigenvalue weighted by Crippen LogP contribution is 2.20. The number of nitrogens with zero attached hydrogens (tertiary/aromatic N) is 3. The van der Waals surface area contributed by atoms with E-state index in [-0.39, 0.29) is 10.7 Å². The third-order valence-electron chi connectivity index (χ3n) is 2.04. The van der Waals surface area contributed by atoms with Gasteiger partial charge < -0.3 is 10.2 Å². The number of rotatable bonds is 1. The number of carbonyl (C=O) groups is 1. The molecule has 1 aliphatic rings. The standard InChI is InChI=1S/C9H7N3O4/c13-6-5-8(14)11(12(16)9(6)15)7-3-1-2-4-10-7/h1-4H,5H2,(H-,13,15,16)/q+1/p+1. The number of carbonyl (C=O) groups excluding carboxylic acids is 1. The van der Waals surface area contributed by atoms with Gasteiger partial charge in [0.2, 0.25) is 5.76 Å². The summed E-state index contributed by atoms with van der Waals surface area (Å²) in [7, 11) is 0. The van der Waals surface area contributed by atoms with Gasteiger partial charge in [0.05, 0.1) is 0 Å². The van der Waals surface area contributed by atoms with Crippen LogP contribution in [0.4, 0.5) is 5.82 Å². The number of hydrogen-bond donors (Lipinski definition) is 2. The minimum atomic E-state index is -0.898. The number of nitroso groups, excluding NO2 is 1. The molecule has 0 aromatic carbocycles. The van der Waals surface area contributed by atoms with Crippen molar-refractivity contribution in [1.82, 2.24) is 9.99 Å². The van der Waals surface area contributed by atoms with Gasteiger partial charge in [0, 0.05) is 12.3 Å². The average molecular weight is 222 g/mol. The molecular weight excluding hydrogens is 214 g/mol. The van der Waals surface area contributed by atoms with Gasteiger partial charge in [0.15, 0.2) is 0 Å². The van der Waals surface area contributed by atoms with Crippen LogP contribution in [0.5, 0.6) is 0 Å². The molecule has 1 aliphatic heterocycles. The lowest BCUT2D eigenvalue weighted by Crippen LogP contribution is -2.44. The van der Waals surface area contributed by atoms with E-state index in [1.165, 1.54) is 12.3 Å². The van der Waals surface area contributed by atoms with Crippen LogP contribution >= 0.6 is 0 Å². The average Bonchev–Trinajstić information content (AvgIpc) is 2.28. The minimum absolute atomic E-state index is 0.0848. The molecule has 2 heterocycles. The second-order valence-electron chi connectivity index (χ2n) is 3.11. The molecule has 1 radical (unpaired) electrons. The molecule has 0 aliphatic carbocycles. The second-order valence-corrected chi connectivity index (χ2v) is 3.11. The number of anilines is 1. The van der Waals surface area contributed by atoms with Gasteiger partial charge in [-0.05, 0) is 6.07 Å². The molecule has 0 spiro atoms. The maximum Gasteiger partial charge on any atom is 0.527 e. The largest absolute Gasteiger partial charge is 0.527 e. The molecule has 0 unspecified atom stereocenters.